The number of hydrogen-bond donors (Lipinski definition) is 0. The molecule has 0 saturated carbocycles. The minimum Gasteiger partial charge on any atom is -0.465 e. The van der Waals surface area contributed by atoms with Crippen LogP contribution < -0.4 is 0 Å². The van der Waals surface area contributed by atoms with E-state index in [1.54, 1.807) is 0 Å². The molecule has 2 aromatic carbocycles. The summed E-state index contributed by atoms with van der Waals surface area (Å²) in [4.78, 5) is 11.4. The van der Waals surface area contributed by atoms with Gasteiger partial charge in [-0.15, -0.1) is 0 Å². The summed E-state index contributed by atoms with van der Waals surface area (Å²) in [5.74, 6) is -1.07. The van der Waals surface area contributed by atoms with Gasteiger partial charge in [0.05, 0.1) is 17.7 Å². The van der Waals surface area contributed by atoms with E-state index in [9.17, 15) is 17.6 Å². The fourth-order valence-corrected chi connectivity index (χ4v) is 3.70. The highest BCUT2D eigenvalue weighted by atomic mass is 35.5. The molecule has 24 heavy (non-hydrogen) atoms. The summed E-state index contributed by atoms with van der Waals surface area (Å²) >= 11 is 5.99. The molecule has 0 N–H and O–H groups in total. The summed E-state index contributed by atoms with van der Waals surface area (Å²) in [6, 6.07) is 9.37. The van der Waals surface area contributed by atoms with Crippen LogP contribution in [-0.2, 0) is 21.3 Å². The number of methoxy groups -OCH3 is 1. The third-order valence-corrected chi connectivity index (χ3v) is 5.64. The standard InChI is InChI=1S/C16H15ClFNO4S/c1-19(10-11-3-6-13(18)7-4-11)24(21,22)15-9-12(16(20)23-2)5-8-14(15)17/h3-9H,10H2,1-2H3. The average molecular weight is 372 g/mol. The number of rotatable bonds is 5. The van der Waals surface area contributed by atoms with Crippen molar-refractivity contribution in [1.82, 2.24) is 4.31 Å². The predicted molar refractivity (Wildman–Crippen MR) is 87.8 cm³/mol. The Morgan fingerprint density at radius 2 is 1.83 bits per heavy atom. The van der Waals surface area contributed by atoms with Gasteiger partial charge in [0.25, 0.3) is 0 Å². The molecule has 2 rings (SSSR count). The Labute approximate surface area is 144 Å². The second-order valence-electron chi connectivity index (χ2n) is 5.02. The number of hydrogen-bond acceptors (Lipinski definition) is 4. The van der Waals surface area contributed by atoms with E-state index in [0.717, 1.165) is 4.31 Å². The lowest BCUT2D eigenvalue weighted by Crippen LogP contribution is -2.27. The van der Waals surface area contributed by atoms with Gasteiger partial charge in [-0.3, -0.25) is 0 Å². The molecule has 0 bridgehead atoms. The normalized spacial score (nSPS) is 11.5. The molecule has 8 heteroatoms. The zero-order chi connectivity index (χ0) is 17.9. The van der Waals surface area contributed by atoms with E-state index in [1.807, 2.05) is 0 Å². The van der Waals surface area contributed by atoms with Crippen LogP contribution >= 0.6 is 11.6 Å². The third kappa shape index (κ3) is 3.92. The first-order valence-corrected chi connectivity index (χ1v) is 8.66. The summed E-state index contributed by atoms with van der Waals surface area (Å²) in [7, 11) is -1.37. The first-order chi connectivity index (χ1) is 11.3. The number of carbonyl (C=O) groups is 1. The number of carbonyl (C=O) groups excluding carboxylic acids is 1. The van der Waals surface area contributed by atoms with E-state index >= 15 is 0 Å². The number of ether oxygens (including phenoxy) is 1. The van der Waals surface area contributed by atoms with E-state index in [-0.39, 0.29) is 22.0 Å². The maximum Gasteiger partial charge on any atom is 0.337 e. The minimum atomic E-state index is -3.94. The summed E-state index contributed by atoms with van der Waals surface area (Å²) in [6.45, 7) is 0.0292. The highest BCUT2D eigenvalue weighted by Crippen LogP contribution is 2.26. The smallest absolute Gasteiger partial charge is 0.337 e. The van der Waals surface area contributed by atoms with Gasteiger partial charge in [-0.1, -0.05) is 23.7 Å². The Morgan fingerprint density at radius 3 is 2.42 bits per heavy atom. The van der Waals surface area contributed by atoms with Crippen LogP contribution in [0.4, 0.5) is 4.39 Å². The first-order valence-electron chi connectivity index (χ1n) is 6.84. The summed E-state index contributed by atoms with van der Waals surface area (Å²) in [5.41, 5.74) is 0.693. The second kappa shape index (κ2) is 7.29. The van der Waals surface area contributed by atoms with Crippen LogP contribution in [0.15, 0.2) is 47.4 Å². The quantitative estimate of drug-likeness (QED) is 0.758. The Balaban J connectivity index is 2.35. The number of halogens is 2. The average Bonchev–Trinajstić information content (AvgIpc) is 2.56. The molecule has 0 aliphatic heterocycles. The van der Waals surface area contributed by atoms with E-state index in [0.29, 0.717) is 5.56 Å². The van der Waals surface area contributed by atoms with Crippen LogP contribution in [0, 0.1) is 5.82 Å². The molecule has 0 saturated heterocycles. The molecular weight excluding hydrogens is 357 g/mol. The molecule has 0 heterocycles. The molecule has 0 aliphatic carbocycles. The molecule has 0 unspecified atom stereocenters. The molecule has 0 aliphatic rings. The van der Waals surface area contributed by atoms with Crippen molar-refractivity contribution in [2.45, 2.75) is 11.4 Å². The monoisotopic (exact) mass is 371 g/mol. The predicted octanol–water partition coefficient (Wildman–Crippen LogP) is 3.09. The molecule has 0 amide bonds. The van der Waals surface area contributed by atoms with Crippen LogP contribution in [0.2, 0.25) is 5.02 Å². The van der Waals surface area contributed by atoms with E-state index < -0.39 is 21.8 Å². The minimum absolute atomic E-state index is 0.00592. The van der Waals surface area contributed by atoms with Crippen molar-refractivity contribution in [1.29, 1.82) is 0 Å². The first kappa shape index (κ1) is 18.4. The molecule has 128 valence electrons. The summed E-state index contributed by atoms with van der Waals surface area (Å²) in [6.07, 6.45) is 0. The third-order valence-electron chi connectivity index (χ3n) is 3.36. The fraction of sp³-hybridized carbons (Fsp3) is 0.188. The van der Waals surface area contributed by atoms with Crippen LogP contribution in [0.3, 0.4) is 0 Å². The largest absolute Gasteiger partial charge is 0.465 e. The zero-order valence-electron chi connectivity index (χ0n) is 13.0. The van der Waals surface area contributed by atoms with E-state index in [4.69, 9.17) is 11.6 Å². The van der Waals surface area contributed by atoms with Gasteiger partial charge in [0.1, 0.15) is 10.7 Å². The lowest BCUT2D eigenvalue weighted by atomic mass is 10.2. The molecule has 0 atom stereocenters. The Bertz CT molecular complexity index is 853. The van der Waals surface area contributed by atoms with Crippen molar-refractivity contribution < 1.29 is 22.3 Å². The Kier molecular flexibility index (Phi) is 5.58. The molecule has 0 aromatic heterocycles. The Hall–Kier alpha value is -1.96. The van der Waals surface area contributed by atoms with Gasteiger partial charge in [-0.2, -0.15) is 4.31 Å². The van der Waals surface area contributed by atoms with Crippen molar-refractivity contribution in [3.05, 3.63) is 64.4 Å². The number of sulfonamides is 1. The van der Waals surface area contributed by atoms with Crippen LogP contribution in [-0.4, -0.2) is 32.8 Å². The molecule has 5 nitrogen and oxygen atoms in total. The van der Waals surface area contributed by atoms with Crippen molar-refractivity contribution in [3.8, 4) is 0 Å². The van der Waals surface area contributed by atoms with Gasteiger partial charge in [0.2, 0.25) is 10.0 Å². The van der Waals surface area contributed by atoms with Gasteiger partial charge in [-0.25, -0.2) is 17.6 Å². The number of esters is 1. The molecule has 0 radical (unpaired) electrons. The van der Waals surface area contributed by atoms with Gasteiger partial charge in [0.15, 0.2) is 0 Å². The van der Waals surface area contributed by atoms with Crippen LogP contribution in [0.25, 0.3) is 0 Å². The molecule has 0 fully saturated rings. The van der Waals surface area contributed by atoms with Gasteiger partial charge >= 0.3 is 5.97 Å². The van der Waals surface area contributed by atoms with Crippen molar-refractivity contribution in [3.63, 3.8) is 0 Å². The number of benzene rings is 2. The Morgan fingerprint density at radius 1 is 1.21 bits per heavy atom. The number of nitrogens with zero attached hydrogens (tertiary/aromatic N) is 1. The van der Waals surface area contributed by atoms with Gasteiger partial charge in [-0.05, 0) is 35.9 Å². The van der Waals surface area contributed by atoms with E-state index in [2.05, 4.69) is 4.74 Å². The maximum absolute atomic E-state index is 12.9. The van der Waals surface area contributed by atoms with Crippen LogP contribution in [0.5, 0.6) is 0 Å². The molecule has 2 aromatic rings. The van der Waals surface area contributed by atoms with Gasteiger partial charge < -0.3 is 4.74 Å². The highest BCUT2D eigenvalue weighted by Gasteiger charge is 2.25. The molecule has 0 spiro atoms. The van der Waals surface area contributed by atoms with Crippen molar-refractivity contribution >= 4 is 27.6 Å². The SMILES string of the molecule is COC(=O)c1ccc(Cl)c(S(=O)(=O)N(C)Cc2ccc(F)cc2)c1. The second-order valence-corrected chi connectivity index (χ2v) is 7.44. The summed E-state index contributed by atoms with van der Waals surface area (Å²) in [5, 5.41) is -0.00592. The van der Waals surface area contributed by atoms with Crippen molar-refractivity contribution in [2.75, 3.05) is 14.2 Å². The lowest BCUT2D eigenvalue weighted by Gasteiger charge is -2.18. The summed E-state index contributed by atoms with van der Waals surface area (Å²) < 4.78 is 44.0. The van der Waals surface area contributed by atoms with Gasteiger partial charge in [0, 0.05) is 13.6 Å². The van der Waals surface area contributed by atoms with E-state index in [1.165, 1.54) is 56.6 Å². The lowest BCUT2D eigenvalue weighted by molar-refractivity contribution is 0.0600. The zero-order valence-corrected chi connectivity index (χ0v) is 14.6. The fourth-order valence-electron chi connectivity index (χ4n) is 2.05. The van der Waals surface area contributed by atoms with Crippen LogP contribution in [0.1, 0.15) is 15.9 Å². The van der Waals surface area contributed by atoms with Crippen molar-refractivity contribution in [2.24, 2.45) is 0 Å². The highest BCUT2D eigenvalue weighted by molar-refractivity contribution is 7.89. The topological polar surface area (TPSA) is 63.7 Å². The maximum atomic E-state index is 12.9. The molecular formula is C16H15ClFNO4S.